The van der Waals surface area contributed by atoms with E-state index < -0.39 is 11.7 Å². The quantitative estimate of drug-likeness (QED) is 0.185. The van der Waals surface area contributed by atoms with E-state index in [1.807, 2.05) is 35.0 Å². The summed E-state index contributed by atoms with van der Waals surface area (Å²) in [7, 11) is 0. The lowest BCUT2D eigenvalue weighted by molar-refractivity contribution is -0.138. The van der Waals surface area contributed by atoms with E-state index >= 15 is 0 Å². The number of hydrogen-bond acceptors (Lipinski definition) is 7. The van der Waals surface area contributed by atoms with Crippen LogP contribution >= 0.6 is 22.9 Å². The first-order chi connectivity index (χ1) is 17.4. The van der Waals surface area contributed by atoms with Crippen LogP contribution in [0.15, 0.2) is 53.2 Å². The van der Waals surface area contributed by atoms with E-state index in [-0.39, 0.29) is 12.4 Å². The Bertz CT molecular complexity index is 1220. The number of ether oxygens (including phenoxy) is 1. The number of alkyl halides is 3. The van der Waals surface area contributed by atoms with Crippen molar-refractivity contribution in [2.24, 2.45) is 0 Å². The van der Waals surface area contributed by atoms with Gasteiger partial charge < -0.3 is 10.1 Å². The molecule has 36 heavy (non-hydrogen) atoms. The van der Waals surface area contributed by atoms with Crippen LogP contribution in [-0.2, 0) is 6.18 Å². The summed E-state index contributed by atoms with van der Waals surface area (Å²) in [5.41, 5.74) is 2.93. The zero-order valence-corrected chi connectivity index (χ0v) is 21.5. The van der Waals surface area contributed by atoms with E-state index in [9.17, 15) is 13.2 Å². The number of nitrogens with zero attached hydrogens (tertiary/aromatic N) is 3. The van der Waals surface area contributed by atoms with Crippen molar-refractivity contribution in [2.75, 3.05) is 11.9 Å². The summed E-state index contributed by atoms with van der Waals surface area (Å²) in [6, 6.07) is 11.8. The van der Waals surface area contributed by atoms with Crippen molar-refractivity contribution in [3.63, 3.8) is 0 Å². The summed E-state index contributed by atoms with van der Waals surface area (Å²) in [5.74, 6) is -0.142. The Hall–Kier alpha value is -2.98. The van der Waals surface area contributed by atoms with Crippen molar-refractivity contribution >= 4 is 33.7 Å². The fourth-order valence-electron chi connectivity index (χ4n) is 3.71. The van der Waals surface area contributed by atoms with Gasteiger partial charge in [-0.1, -0.05) is 67.8 Å². The summed E-state index contributed by atoms with van der Waals surface area (Å²) in [6.07, 6.45) is 1.76. The predicted octanol–water partition coefficient (Wildman–Crippen LogP) is 8.83. The SMILES string of the molecule is CCCCCCCCOc1ccc(Nc2nc(-c3ccc(-c4csnn4)cc3)cs2)cc1C(F)(F)F. The number of hydrogen-bond donors (Lipinski definition) is 1. The molecule has 0 saturated carbocycles. The van der Waals surface area contributed by atoms with Crippen LogP contribution in [0.4, 0.5) is 24.0 Å². The molecule has 10 heteroatoms. The maximum atomic E-state index is 13.7. The highest BCUT2D eigenvalue weighted by Gasteiger charge is 2.34. The maximum absolute atomic E-state index is 13.7. The van der Waals surface area contributed by atoms with E-state index in [0.29, 0.717) is 10.8 Å². The number of benzene rings is 2. The van der Waals surface area contributed by atoms with E-state index in [1.54, 1.807) is 6.07 Å². The standard InChI is InChI=1S/C26H27F3N4OS2/c1-2-3-4-5-6-7-14-34-24-13-12-20(15-21(24)26(27,28)29)30-25-31-22(16-35-25)18-8-10-19(11-9-18)23-17-36-33-32-23/h8-13,15-17H,2-7,14H2,1H3,(H,30,31). The van der Waals surface area contributed by atoms with E-state index in [1.165, 1.54) is 35.4 Å². The molecule has 0 amide bonds. The van der Waals surface area contributed by atoms with Gasteiger partial charge in [-0.3, -0.25) is 0 Å². The van der Waals surface area contributed by atoms with E-state index in [4.69, 9.17) is 4.74 Å². The van der Waals surface area contributed by atoms with Gasteiger partial charge in [-0.2, -0.15) is 13.2 Å². The Balaban J connectivity index is 1.39. The molecule has 0 unspecified atom stereocenters. The number of anilines is 2. The first kappa shape index (κ1) is 26.1. The van der Waals surface area contributed by atoms with Gasteiger partial charge in [0.05, 0.1) is 17.9 Å². The molecule has 4 rings (SSSR count). The number of rotatable bonds is 12. The predicted molar refractivity (Wildman–Crippen MR) is 140 cm³/mol. The van der Waals surface area contributed by atoms with Crippen molar-refractivity contribution in [2.45, 2.75) is 51.6 Å². The monoisotopic (exact) mass is 532 g/mol. The number of nitrogens with one attached hydrogen (secondary N) is 1. The normalized spacial score (nSPS) is 11.6. The molecule has 5 nitrogen and oxygen atoms in total. The second-order valence-corrected chi connectivity index (χ2v) is 9.82. The molecule has 0 aliphatic heterocycles. The first-order valence-electron chi connectivity index (χ1n) is 11.9. The van der Waals surface area contributed by atoms with Crippen molar-refractivity contribution < 1.29 is 17.9 Å². The van der Waals surface area contributed by atoms with Crippen molar-refractivity contribution in [3.8, 4) is 28.3 Å². The topological polar surface area (TPSA) is 59.9 Å². The molecule has 1 N–H and O–H groups in total. The van der Waals surface area contributed by atoms with Gasteiger partial charge >= 0.3 is 6.18 Å². The molecule has 0 atom stereocenters. The van der Waals surface area contributed by atoms with Crippen molar-refractivity contribution in [1.82, 2.24) is 14.6 Å². The van der Waals surface area contributed by atoms with Crippen LogP contribution in [0.2, 0.25) is 0 Å². The van der Waals surface area contributed by atoms with Crippen LogP contribution in [-0.4, -0.2) is 21.2 Å². The minimum absolute atomic E-state index is 0.142. The Morgan fingerprint density at radius 2 is 1.61 bits per heavy atom. The highest BCUT2D eigenvalue weighted by molar-refractivity contribution is 7.14. The van der Waals surface area contributed by atoms with Crippen LogP contribution in [0.25, 0.3) is 22.5 Å². The van der Waals surface area contributed by atoms with Gasteiger partial charge in [-0.15, -0.1) is 16.4 Å². The second kappa shape index (κ2) is 12.3. The van der Waals surface area contributed by atoms with Gasteiger partial charge in [0, 0.05) is 27.6 Å². The third-order valence-corrected chi connectivity index (χ3v) is 6.89. The molecule has 0 saturated heterocycles. The highest BCUT2D eigenvalue weighted by atomic mass is 32.1. The molecule has 0 spiro atoms. The average molecular weight is 533 g/mol. The van der Waals surface area contributed by atoms with Crippen LogP contribution in [0.3, 0.4) is 0 Å². The molecule has 2 heterocycles. The Labute approximate surface area is 216 Å². The van der Waals surface area contributed by atoms with Crippen LogP contribution in [0.5, 0.6) is 5.75 Å². The fraction of sp³-hybridized carbons (Fsp3) is 0.346. The zero-order valence-electron chi connectivity index (χ0n) is 19.8. The minimum atomic E-state index is -4.52. The maximum Gasteiger partial charge on any atom is 0.420 e. The first-order valence-corrected chi connectivity index (χ1v) is 13.6. The average Bonchev–Trinajstić information content (AvgIpc) is 3.56. The number of aromatic nitrogens is 3. The molecule has 190 valence electrons. The van der Waals surface area contributed by atoms with Gasteiger partial charge in [-0.05, 0) is 36.2 Å². The molecule has 2 aromatic heterocycles. The summed E-state index contributed by atoms with van der Waals surface area (Å²) >= 11 is 2.62. The zero-order chi connectivity index (χ0) is 25.4. The Morgan fingerprint density at radius 3 is 2.31 bits per heavy atom. The van der Waals surface area contributed by atoms with Crippen LogP contribution in [0.1, 0.15) is 51.0 Å². The Morgan fingerprint density at radius 1 is 0.889 bits per heavy atom. The van der Waals surface area contributed by atoms with Crippen molar-refractivity contribution in [1.29, 1.82) is 0 Å². The van der Waals surface area contributed by atoms with Gasteiger partial charge in [0.1, 0.15) is 11.4 Å². The lowest BCUT2D eigenvalue weighted by atomic mass is 10.1. The third-order valence-electron chi connectivity index (χ3n) is 5.63. The minimum Gasteiger partial charge on any atom is -0.493 e. The van der Waals surface area contributed by atoms with E-state index in [0.717, 1.165) is 60.7 Å². The number of thiazole rings is 1. The van der Waals surface area contributed by atoms with Crippen LogP contribution < -0.4 is 10.1 Å². The lowest BCUT2D eigenvalue weighted by Gasteiger charge is -2.15. The molecular weight excluding hydrogens is 505 g/mol. The smallest absolute Gasteiger partial charge is 0.420 e. The second-order valence-electron chi connectivity index (χ2n) is 8.36. The number of unbranched alkanes of at least 4 members (excludes halogenated alkanes) is 5. The molecule has 0 radical (unpaired) electrons. The van der Waals surface area contributed by atoms with Crippen LogP contribution in [0, 0.1) is 0 Å². The Kier molecular flexibility index (Phi) is 8.93. The van der Waals surface area contributed by atoms with Gasteiger partial charge in [0.15, 0.2) is 5.13 Å². The molecular formula is C26H27F3N4OS2. The van der Waals surface area contributed by atoms with Crippen molar-refractivity contribution in [3.05, 3.63) is 58.8 Å². The summed E-state index contributed by atoms with van der Waals surface area (Å²) in [6.45, 7) is 2.42. The molecule has 0 aliphatic carbocycles. The largest absolute Gasteiger partial charge is 0.493 e. The fourth-order valence-corrected chi connectivity index (χ4v) is 4.91. The molecule has 0 aliphatic rings. The molecule has 0 bridgehead atoms. The third kappa shape index (κ3) is 7.04. The number of halogens is 3. The summed E-state index contributed by atoms with van der Waals surface area (Å²) in [4.78, 5) is 4.54. The lowest BCUT2D eigenvalue weighted by Crippen LogP contribution is -2.10. The van der Waals surface area contributed by atoms with Gasteiger partial charge in [-0.25, -0.2) is 4.98 Å². The van der Waals surface area contributed by atoms with Gasteiger partial charge in [0.25, 0.3) is 0 Å². The van der Waals surface area contributed by atoms with Gasteiger partial charge in [0.2, 0.25) is 0 Å². The molecule has 0 fully saturated rings. The molecule has 4 aromatic rings. The molecule has 2 aromatic carbocycles. The van der Waals surface area contributed by atoms with E-state index in [2.05, 4.69) is 26.8 Å². The summed E-state index contributed by atoms with van der Waals surface area (Å²) < 4.78 is 50.5. The summed E-state index contributed by atoms with van der Waals surface area (Å²) in [5, 5.41) is 11.3. The highest BCUT2D eigenvalue weighted by Crippen LogP contribution is 2.39.